The molecule has 4 nitrogen and oxygen atoms in total. The van der Waals surface area contributed by atoms with Crippen molar-refractivity contribution >= 4 is 141 Å². The molecule has 19 rings (SSSR count). The average molecular weight is 1100 g/mol. The van der Waals surface area contributed by atoms with E-state index in [0.29, 0.717) is 0 Å². The van der Waals surface area contributed by atoms with Gasteiger partial charge in [-0.05, 0) is 164 Å². The number of para-hydroxylation sites is 4. The molecule has 0 aliphatic carbocycles. The Morgan fingerprint density at radius 3 is 1.30 bits per heavy atom. The summed E-state index contributed by atoms with van der Waals surface area (Å²) < 4.78 is 10.2. The topological polar surface area (TPSA) is 18.7 Å². The molecule has 0 atom stereocenters. The first-order valence-electron chi connectivity index (χ1n) is 30.4. The van der Waals surface area contributed by atoms with E-state index in [-0.39, 0.29) is 10.8 Å². The van der Waals surface area contributed by atoms with Crippen LogP contribution in [0.15, 0.2) is 243 Å². The second-order valence-corrected chi connectivity index (χ2v) is 26.4. The maximum Gasteiger partial charge on any atom is 0.0627 e. The molecular formula is C82H58N4. The predicted octanol–water partition coefficient (Wildman–Crippen LogP) is 22.4. The van der Waals surface area contributed by atoms with Gasteiger partial charge < -0.3 is 17.9 Å². The number of fused-ring (bicyclic) bond motifs is 22. The molecule has 0 saturated carbocycles. The van der Waals surface area contributed by atoms with E-state index in [1.54, 1.807) is 0 Å². The van der Waals surface area contributed by atoms with Gasteiger partial charge in [-0.15, -0.1) is 0 Å². The van der Waals surface area contributed by atoms with E-state index in [1.807, 2.05) is 0 Å². The molecule has 0 saturated heterocycles. The van der Waals surface area contributed by atoms with Gasteiger partial charge >= 0.3 is 0 Å². The van der Waals surface area contributed by atoms with Crippen LogP contribution in [0.5, 0.6) is 0 Å². The number of hydrogen-bond donors (Lipinski definition) is 0. The minimum Gasteiger partial charge on any atom is -0.309 e. The lowest BCUT2D eigenvalue weighted by molar-refractivity contribution is 0.591. The molecule has 0 radical (unpaired) electrons. The maximum atomic E-state index is 2.68. The lowest BCUT2D eigenvalue weighted by Crippen LogP contribution is -2.11. The van der Waals surface area contributed by atoms with Crippen molar-refractivity contribution in [1.29, 1.82) is 0 Å². The zero-order chi connectivity index (χ0) is 57.2. The van der Waals surface area contributed by atoms with Crippen molar-refractivity contribution in [3.8, 4) is 33.6 Å². The Kier molecular flexibility index (Phi) is 9.31. The van der Waals surface area contributed by atoms with Gasteiger partial charge in [-0.2, -0.15) is 0 Å². The highest BCUT2D eigenvalue weighted by atomic mass is 15.0. The van der Waals surface area contributed by atoms with Crippen molar-refractivity contribution in [3.63, 3.8) is 0 Å². The Morgan fingerprint density at radius 2 is 0.686 bits per heavy atom. The molecule has 0 bridgehead atoms. The first-order chi connectivity index (χ1) is 42.0. The summed E-state index contributed by atoms with van der Waals surface area (Å²) >= 11 is 0. The van der Waals surface area contributed by atoms with Gasteiger partial charge in [-0.1, -0.05) is 175 Å². The molecule has 6 heterocycles. The highest BCUT2D eigenvalue weighted by molar-refractivity contribution is 6.41. The van der Waals surface area contributed by atoms with Crippen LogP contribution in [-0.2, 0) is 10.8 Å². The van der Waals surface area contributed by atoms with E-state index in [9.17, 15) is 0 Å². The van der Waals surface area contributed by atoms with Crippen molar-refractivity contribution in [2.75, 3.05) is 0 Å². The highest BCUT2D eigenvalue weighted by Gasteiger charge is 2.31. The molecule has 86 heavy (non-hydrogen) atoms. The van der Waals surface area contributed by atoms with Crippen molar-refractivity contribution < 1.29 is 0 Å². The van der Waals surface area contributed by atoms with Crippen LogP contribution < -0.4 is 0 Å². The van der Waals surface area contributed by atoms with Crippen LogP contribution in [0.3, 0.4) is 0 Å². The molecule has 0 amide bonds. The lowest BCUT2D eigenvalue weighted by Gasteiger charge is -2.22. The molecule has 406 valence electrons. The van der Waals surface area contributed by atoms with Gasteiger partial charge in [-0.25, -0.2) is 0 Å². The monoisotopic (exact) mass is 1100 g/mol. The highest BCUT2D eigenvalue weighted by Crippen LogP contribution is 2.54. The fraction of sp³-hybridized carbons (Fsp3) is 0.0976. The summed E-state index contributed by atoms with van der Waals surface area (Å²) in [5.74, 6) is 0. The largest absolute Gasteiger partial charge is 0.309 e. The maximum absolute atomic E-state index is 2.68. The molecular weight excluding hydrogens is 1040 g/mol. The van der Waals surface area contributed by atoms with Gasteiger partial charge in [0.05, 0.1) is 55.2 Å². The molecule has 0 aliphatic rings. The lowest BCUT2D eigenvalue weighted by atomic mass is 9.83. The summed E-state index contributed by atoms with van der Waals surface area (Å²) in [6, 6.07) is 92.2. The number of aromatic nitrogens is 4. The van der Waals surface area contributed by atoms with Crippen LogP contribution >= 0.6 is 0 Å². The molecule has 0 N–H and O–H groups in total. The smallest absolute Gasteiger partial charge is 0.0627 e. The molecule has 4 heteroatoms. The zero-order valence-corrected chi connectivity index (χ0v) is 48.9. The zero-order valence-electron chi connectivity index (χ0n) is 48.9. The van der Waals surface area contributed by atoms with Crippen LogP contribution in [0.4, 0.5) is 0 Å². The van der Waals surface area contributed by atoms with Gasteiger partial charge in [0.2, 0.25) is 0 Å². The Bertz CT molecular complexity index is 6130. The third kappa shape index (κ3) is 6.27. The summed E-state index contributed by atoms with van der Waals surface area (Å²) in [6.07, 6.45) is 0. The van der Waals surface area contributed by atoms with Crippen LogP contribution in [0.25, 0.3) is 175 Å². The van der Waals surface area contributed by atoms with Crippen LogP contribution in [-0.4, -0.2) is 17.9 Å². The van der Waals surface area contributed by atoms with Crippen molar-refractivity contribution in [1.82, 2.24) is 17.9 Å². The fourth-order valence-electron chi connectivity index (χ4n) is 15.7. The van der Waals surface area contributed by atoms with Gasteiger partial charge in [0.25, 0.3) is 0 Å². The van der Waals surface area contributed by atoms with Crippen molar-refractivity contribution in [3.05, 3.63) is 254 Å². The number of benzene rings is 13. The quantitative estimate of drug-likeness (QED) is 0.167. The van der Waals surface area contributed by atoms with Crippen LogP contribution in [0.2, 0.25) is 0 Å². The van der Waals surface area contributed by atoms with Crippen LogP contribution in [0, 0.1) is 0 Å². The van der Waals surface area contributed by atoms with E-state index in [2.05, 4.69) is 302 Å². The molecule has 0 spiro atoms. The minimum absolute atomic E-state index is 0.106. The third-order valence-corrected chi connectivity index (χ3v) is 19.6. The number of rotatable bonds is 4. The molecule has 0 aliphatic heterocycles. The van der Waals surface area contributed by atoms with E-state index in [4.69, 9.17) is 0 Å². The van der Waals surface area contributed by atoms with Gasteiger partial charge in [0, 0.05) is 87.1 Å². The average Bonchev–Trinajstić information content (AvgIpc) is 1.52. The van der Waals surface area contributed by atoms with Gasteiger partial charge in [-0.3, -0.25) is 0 Å². The Morgan fingerprint density at radius 1 is 0.256 bits per heavy atom. The minimum atomic E-state index is -0.124. The molecule has 13 aromatic carbocycles. The summed E-state index contributed by atoms with van der Waals surface area (Å²) in [5, 5.41) is 20.4. The Hall–Kier alpha value is -10.4. The van der Waals surface area contributed by atoms with Crippen molar-refractivity contribution in [2.24, 2.45) is 0 Å². The van der Waals surface area contributed by atoms with E-state index in [1.165, 1.54) is 180 Å². The fourth-order valence-corrected chi connectivity index (χ4v) is 15.7. The molecule has 0 unspecified atom stereocenters. The van der Waals surface area contributed by atoms with Crippen molar-refractivity contribution in [2.45, 2.75) is 52.4 Å². The summed E-state index contributed by atoms with van der Waals surface area (Å²) in [7, 11) is 0. The molecule has 6 aromatic heterocycles. The van der Waals surface area contributed by atoms with E-state index < -0.39 is 0 Å². The third-order valence-electron chi connectivity index (χ3n) is 19.6. The number of nitrogens with zero attached hydrogens (tertiary/aromatic N) is 4. The van der Waals surface area contributed by atoms with E-state index >= 15 is 0 Å². The summed E-state index contributed by atoms with van der Waals surface area (Å²) in [5.41, 5.74) is 22.1. The van der Waals surface area contributed by atoms with Gasteiger partial charge in [0.1, 0.15) is 0 Å². The second-order valence-electron chi connectivity index (χ2n) is 26.4. The predicted molar refractivity (Wildman–Crippen MR) is 368 cm³/mol. The Balaban J connectivity index is 0.972. The normalized spacial score (nSPS) is 13.0. The first-order valence-corrected chi connectivity index (χ1v) is 30.4. The van der Waals surface area contributed by atoms with Gasteiger partial charge in [0.15, 0.2) is 0 Å². The first kappa shape index (κ1) is 48.0. The summed E-state index contributed by atoms with van der Waals surface area (Å²) in [6.45, 7) is 14.2. The Labute approximate surface area is 496 Å². The summed E-state index contributed by atoms with van der Waals surface area (Å²) in [4.78, 5) is 0. The van der Waals surface area contributed by atoms with E-state index in [0.717, 1.165) is 5.69 Å². The number of hydrogen-bond acceptors (Lipinski definition) is 0. The van der Waals surface area contributed by atoms with Crippen LogP contribution in [0.1, 0.15) is 52.7 Å². The second kappa shape index (κ2) is 16.7. The standard InChI is InChI=1S/C82H58N4/c1-81(2,3)51-43-59(49-33-35-69-60(39-49)57-29-17-19-31-67(57)83(69)53-23-9-7-10-24-53)77-64(44-51)65-45-52(82(4,5)6)46-66-74-71(85(77)78(65)66)37-38-72-76(74)75-56-28-16-14-22-48(56)41-63-62-40-47-21-13-15-27-55(47)73(79(62)86(72)80(63)75)50-34-36-70-61(42-50)58-30-18-20-32-68(58)84(70)54-25-11-8-12-26-54/h7-46H,1-6H3. The molecule has 0 fully saturated rings. The molecule has 19 aromatic rings. The SMILES string of the molecule is CC(C)(C)c1cc(-c2ccc3c(c2)c2ccccc2n3-c2ccccc2)c2c(c1)c1cc(C(C)(C)C)cc3c4c5c6c7ccccc7cc7c8cc9ccccc9c(-c9ccc%10c(c9)c9ccccc9n%10-c9ccccc9)c8n(c5ccc4n2c13)c76.